The van der Waals surface area contributed by atoms with Gasteiger partial charge in [-0.15, -0.1) is 0 Å². The van der Waals surface area contributed by atoms with Crippen LogP contribution < -0.4 is 9.04 Å². The van der Waals surface area contributed by atoms with E-state index < -0.39 is 10.0 Å². The van der Waals surface area contributed by atoms with Crippen LogP contribution >= 0.6 is 23.2 Å². The van der Waals surface area contributed by atoms with E-state index in [4.69, 9.17) is 27.9 Å². The third-order valence-electron chi connectivity index (χ3n) is 4.95. The first-order valence-corrected chi connectivity index (χ1v) is 11.8. The van der Waals surface area contributed by atoms with E-state index >= 15 is 0 Å². The van der Waals surface area contributed by atoms with E-state index in [1.54, 1.807) is 49.5 Å². The highest BCUT2D eigenvalue weighted by Crippen LogP contribution is 2.31. The van der Waals surface area contributed by atoms with Crippen molar-refractivity contribution in [3.63, 3.8) is 0 Å². The number of amides is 1. The summed E-state index contributed by atoms with van der Waals surface area (Å²) in [6.07, 6.45) is 0. The number of carbonyl (C=O) groups is 1. The van der Waals surface area contributed by atoms with Crippen molar-refractivity contribution in [2.24, 2.45) is 0 Å². The van der Waals surface area contributed by atoms with Gasteiger partial charge in [-0.05, 0) is 54.1 Å². The highest BCUT2D eigenvalue weighted by atomic mass is 35.5. The van der Waals surface area contributed by atoms with Crippen molar-refractivity contribution >= 4 is 44.8 Å². The molecule has 0 radical (unpaired) electrons. The minimum Gasteiger partial charge on any atom is -0.495 e. The summed E-state index contributed by atoms with van der Waals surface area (Å²) in [5.41, 5.74) is 1.52. The number of hydrogen-bond acceptors (Lipinski definition) is 4. The number of methoxy groups -OCH3 is 1. The molecular weight excluding hydrogens is 471 g/mol. The van der Waals surface area contributed by atoms with Gasteiger partial charge in [-0.1, -0.05) is 41.4 Å². The third-order valence-corrected chi connectivity index (χ3v) is 7.33. The maximum Gasteiger partial charge on any atom is 0.264 e. The Morgan fingerprint density at radius 2 is 1.62 bits per heavy atom. The second kappa shape index (κ2) is 9.81. The molecule has 6 nitrogen and oxygen atoms in total. The first kappa shape index (κ1) is 23.9. The molecule has 3 rings (SSSR count). The Labute approximate surface area is 198 Å². The standard InChI is InChI=1S/C23H22Cl2N2O4S/c1-26(15-17-8-11-18(24)14-20(17)25)23(28)16-9-12-19(13-10-16)32(29,30)27(2)21-6-4-5-7-22(21)31-3/h4-14H,15H2,1-3H3. The van der Waals surface area contributed by atoms with Crippen LogP contribution in [0.15, 0.2) is 71.6 Å². The van der Waals surface area contributed by atoms with Gasteiger partial charge in [0.05, 0.1) is 17.7 Å². The highest BCUT2D eigenvalue weighted by molar-refractivity contribution is 7.92. The lowest BCUT2D eigenvalue weighted by molar-refractivity contribution is 0.0785. The smallest absolute Gasteiger partial charge is 0.264 e. The van der Waals surface area contributed by atoms with Gasteiger partial charge in [0, 0.05) is 36.2 Å². The molecule has 0 aliphatic heterocycles. The van der Waals surface area contributed by atoms with Crippen molar-refractivity contribution < 1.29 is 17.9 Å². The van der Waals surface area contributed by atoms with E-state index in [1.807, 2.05) is 0 Å². The van der Waals surface area contributed by atoms with Crippen molar-refractivity contribution in [3.05, 3.63) is 87.9 Å². The minimum absolute atomic E-state index is 0.0610. The predicted molar refractivity (Wildman–Crippen MR) is 127 cm³/mol. The van der Waals surface area contributed by atoms with Crippen LogP contribution in [0, 0.1) is 0 Å². The summed E-state index contributed by atoms with van der Waals surface area (Å²) in [6, 6.07) is 17.7. The van der Waals surface area contributed by atoms with Gasteiger partial charge in [0.2, 0.25) is 0 Å². The maximum atomic E-state index is 13.1. The van der Waals surface area contributed by atoms with Gasteiger partial charge < -0.3 is 9.64 Å². The topological polar surface area (TPSA) is 66.9 Å². The molecule has 0 saturated heterocycles. The van der Waals surface area contributed by atoms with Crippen molar-refractivity contribution in [1.82, 2.24) is 4.90 Å². The van der Waals surface area contributed by atoms with Crippen molar-refractivity contribution in [1.29, 1.82) is 0 Å². The van der Waals surface area contributed by atoms with Crippen molar-refractivity contribution in [2.45, 2.75) is 11.4 Å². The minimum atomic E-state index is -3.85. The van der Waals surface area contributed by atoms with E-state index in [0.717, 1.165) is 9.87 Å². The first-order chi connectivity index (χ1) is 15.1. The molecule has 0 fully saturated rings. The second-order valence-electron chi connectivity index (χ2n) is 7.07. The van der Waals surface area contributed by atoms with Gasteiger partial charge in [-0.3, -0.25) is 9.10 Å². The Bertz CT molecular complexity index is 1230. The normalized spacial score (nSPS) is 11.2. The largest absolute Gasteiger partial charge is 0.495 e. The van der Waals surface area contributed by atoms with Crippen LogP contribution in [0.4, 0.5) is 5.69 Å². The van der Waals surface area contributed by atoms with Gasteiger partial charge in [-0.25, -0.2) is 8.42 Å². The van der Waals surface area contributed by atoms with Crippen molar-refractivity contribution in [2.75, 3.05) is 25.5 Å². The lowest BCUT2D eigenvalue weighted by Crippen LogP contribution is -2.28. The average Bonchev–Trinajstić information content (AvgIpc) is 2.79. The van der Waals surface area contributed by atoms with Crippen LogP contribution in [-0.4, -0.2) is 40.4 Å². The molecule has 0 aliphatic carbocycles. The monoisotopic (exact) mass is 492 g/mol. The molecular formula is C23H22Cl2N2O4S. The summed E-state index contributed by atoms with van der Waals surface area (Å²) in [5, 5.41) is 0.987. The molecule has 0 bridgehead atoms. The molecule has 0 saturated carbocycles. The number of benzene rings is 3. The van der Waals surface area contributed by atoms with Crippen LogP contribution in [0.3, 0.4) is 0 Å². The number of anilines is 1. The Kier molecular flexibility index (Phi) is 7.33. The predicted octanol–water partition coefficient (Wildman–Crippen LogP) is 5.10. The Morgan fingerprint density at radius 1 is 0.969 bits per heavy atom. The Morgan fingerprint density at radius 3 is 2.25 bits per heavy atom. The number of nitrogens with zero attached hydrogens (tertiary/aromatic N) is 2. The number of hydrogen-bond donors (Lipinski definition) is 0. The van der Waals surface area contributed by atoms with Crippen LogP contribution in [0.5, 0.6) is 5.75 Å². The average molecular weight is 493 g/mol. The summed E-state index contributed by atoms with van der Waals surface area (Å²) >= 11 is 12.1. The Balaban J connectivity index is 1.79. The summed E-state index contributed by atoms with van der Waals surface area (Å²) in [4.78, 5) is 14.4. The van der Waals surface area contributed by atoms with Gasteiger partial charge in [-0.2, -0.15) is 0 Å². The number of halogens is 2. The molecule has 0 unspecified atom stereocenters. The van der Waals surface area contributed by atoms with E-state index in [-0.39, 0.29) is 17.3 Å². The number of para-hydroxylation sites is 2. The van der Waals surface area contributed by atoms with Crippen LogP contribution in [0.25, 0.3) is 0 Å². The zero-order chi connectivity index (χ0) is 23.5. The lowest BCUT2D eigenvalue weighted by atomic mass is 10.1. The quantitative estimate of drug-likeness (QED) is 0.460. The molecule has 3 aromatic carbocycles. The fourth-order valence-electron chi connectivity index (χ4n) is 3.14. The van der Waals surface area contributed by atoms with E-state index in [2.05, 4.69) is 0 Å². The summed E-state index contributed by atoms with van der Waals surface area (Å²) < 4.78 is 32.6. The number of carbonyl (C=O) groups excluding carboxylic acids is 1. The molecule has 3 aromatic rings. The summed E-state index contributed by atoms with van der Waals surface area (Å²) in [6.45, 7) is 0.283. The summed E-state index contributed by atoms with van der Waals surface area (Å²) in [5.74, 6) is 0.172. The molecule has 0 spiro atoms. The molecule has 0 aromatic heterocycles. The molecule has 32 heavy (non-hydrogen) atoms. The van der Waals surface area contributed by atoms with E-state index in [9.17, 15) is 13.2 Å². The van der Waals surface area contributed by atoms with Gasteiger partial charge in [0.1, 0.15) is 5.75 Å². The Hall–Kier alpha value is -2.74. The molecule has 0 N–H and O–H groups in total. The third kappa shape index (κ3) is 5.01. The molecule has 9 heteroatoms. The zero-order valence-electron chi connectivity index (χ0n) is 17.7. The molecule has 0 atom stereocenters. The second-order valence-corrected chi connectivity index (χ2v) is 9.88. The SMILES string of the molecule is COc1ccccc1N(C)S(=O)(=O)c1ccc(C(=O)N(C)Cc2ccc(Cl)cc2Cl)cc1. The number of ether oxygens (including phenoxy) is 1. The van der Waals surface area contributed by atoms with E-state index in [1.165, 1.54) is 43.3 Å². The first-order valence-electron chi connectivity index (χ1n) is 9.56. The van der Waals surface area contributed by atoms with Gasteiger partial charge in [0.25, 0.3) is 15.9 Å². The van der Waals surface area contributed by atoms with Crippen LogP contribution in [0.1, 0.15) is 15.9 Å². The van der Waals surface area contributed by atoms with Crippen LogP contribution in [0.2, 0.25) is 10.0 Å². The van der Waals surface area contributed by atoms with Gasteiger partial charge >= 0.3 is 0 Å². The molecule has 0 aliphatic rings. The maximum absolute atomic E-state index is 13.1. The van der Waals surface area contributed by atoms with Crippen LogP contribution in [-0.2, 0) is 16.6 Å². The number of sulfonamides is 1. The highest BCUT2D eigenvalue weighted by Gasteiger charge is 2.24. The van der Waals surface area contributed by atoms with Crippen molar-refractivity contribution in [3.8, 4) is 5.75 Å². The lowest BCUT2D eigenvalue weighted by Gasteiger charge is -2.22. The van der Waals surface area contributed by atoms with E-state index in [0.29, 0.717) is 27.0 Å². The molecule has 1 amide bonds. The number of rotatable bonds is 7. The zero-order valence-corrected chi connectivity index (χ0v) is 20.1. The fraction of sp³-hybridized carbons (Fsp3) is 0.174. The van der Waals surface area contributed by atoms with Gasteiger partial charge in [0.15, 0.2) is 0 Å². The fourth-order valence-corrected chi connectivity index (χ4v) is 4.82. The summed E-state index contributed by atoms with van der Waals surface area (Å²) in [7, 11) is 0.733. The molecule has 0 heterocycles. The molecule has 168 valence electrons.